The molecule has 0 amide bonds. The van der Waals surface area contributed by atoms with Crippen LogP contribution >= 0.6 is 0 Å². The summed E-state index contributed by atoms with van der Waals surface area (Å²) < 4.78 is 16.8. The van der Waals surface area contributed by atoms with E-state index < -0.39 is 6.10 Å². The van der Waals surface area contributed by atoms with Crippen LogP contribution in [0.3, 0.4) is 0 Å². The van der Waals surface area contributed by atoms with Crippen molar-refractivity contribution in [3.63, 3.8) is 0 Å². The van der Waals surface area contributed by atoms with E-state index in [1.807, 2.05) is 0 Å². The highest BCUT2D eigenvalue weighted by molar-refractivity contribution is 5.71. The topological polar surface area (TPSA) is 78.9 Å². The molecule has 0 aliphatic carbocycles. The van der Waals surface area contributed by atoms with Gasteiger partial charge in [0.15, 0.2) is 6.10 Å². The van der Waals surface area contributed by atoms with Crippen molar-refractivity contribution in [2.45, 2.75) is 297 Å². The van der Waals surface area contributed by atoms with Gasteiger partial charge in [-0.1, -0.05) is 251 Å². The Balaban J connectivity index is 4.37. The number of allylic oxidation sites excluding steroid dienone is 4. The lowest BCUT2D eigenvalue weighted by atomic mass is 10.0. The lowest BCUT2D eigenvalue weighted by Gasteiger charge is -2.18. The summed E-state index contributed by atoms with van der Waals surface area (Å²) in [4.78, 5) is 38.0. The second-order valence-corrected chi connectivity index (χ2v) is 18.2. The molecule has 0 aliphatic heterocycles. The maximum absolute atomic E-state index is 12.8. The molecule has 0 saturated heterocycles. The molecule has 61 heavy (non-hydrogen) atoms. The van der Waals surface area contributed by atoms with Crippen molar-refractivity contribution in [2.24, 2.45) is 0 Å². The first-order valence-electron chi connectivity index (χ1n) is 26.9. The second-order valence-electron chi connectivity index (χ2n) is 18.2. The van der Waals surface area contributed by atoms with Gasteiger partial charge in [-0.2, -0.15) is 0 Å². The highest BCUT2D eigenvalue weighted by atomic mass is 16.6. The molecule has 6 nitrogen and oxygen atoms in total. The number of rotatable bonds is 49. The van der Waals surface area contributed by atoms with Crippen LogP contribution in [0.4, 0.5) is 0 Å². The van der Waals surface area contributed by atoms with E-state index >= 15 is 0 Å². The van der Waals surface area contributed by atoms with Gasteiger partial charge in [0.2, 0.25) is 0 Å². The smallest absolute Gasteiger partial charge is 0.306 e. The van der Waals surface area contributed by atoms with Crippen LogP contribution in [0, 0.1) is 0 Å². The number of carbonyl (C=O) groups is 3. The Morgan fingerprint density at radius 3 is 0.885 bits per heavy atom. The molecule has 1 atom stereocenters. The van der Waals surface area contributed by atoms with Crippen LogP contribution in [0.15, 0.2) is 24.3 Å². The van der Waals surface area contributed by atoms with Crippen molar-refractivity contribution in [2.75, 3.05) is 13.2 Å². The van der Waals surface area contributed by atoms with Crippen LogP contribution in [0.25, 0.3) is 0 Å². The van der Waals surface area contributed by atoms with E-state index in [1.165, 1.54) is 180 Å². The number of ether oxygens (including phenoxy) is 3. The third-order valence-electron chi connectivity index (χ3n) is 12.0. The molecule has 0 fully saturated rings. The molecule has 0 saturated carbocycles. The van der Waals surface area contributed by atoms with Gasteiger partial charge in [-0.25, -0.2) is 0 Å². The lowest BCUT2D eigenvalue weighted by Crippen LogP contribution is -2.30. The first-order valence-corrected chi connectivity index (χ1v) is 26.9. The van der Waals surface area contributed by atoms with Crippen molar-refractivity contribution in [1.29, 1.82) is 0 Å². The van der Waals surface area contributed by atoms with Crippen LogP contribution in [-0.4, -0.2) is 37.2 Å². The van der Waals surface area contributed by atoms with Crippen molar-refractivity contribution in [3.05, 3.63) is 24.3 Å². The Morgan fingerprint density at radius 2 is 0.574 bits per heavy atom. The average molecular weight is 859 g/mol. The van der Waals surface area contributed by atoms with E-state index in [1.54, 1.807) is 0 Å². The van der Waals surface area contributed by atoms with E-state index in [9.17, 15) is 14.4 Å². The molecule has 0 rings (SSSR count). The maximum Gasteiger partial charge on any atom is 0.306 e. The Bertz CT molecular complexity index is 989. The Hall–Kier alpha value is -2.11. The van der Waals surface area contributed by atoms with Gasteiger partial charge >= 0.3 is 17.9 Å². The molecule has 0 heterocycles. The summed E-state index contributed by atoms with van der Waals surface area (Å²) in [5.41, 5.74) is 0. The molecule has 0 radical (unpaired) electrons. The SMILES string of the molecule is CCCCCCCCC/C=C\C=C/CCCCCC(=O)OCC(COC(=O)CCCCCCCCCCCCCCC)OC(=O)CCCCCCCCCCCCCCCC. The highest BCUT2D eigenvalue weighted by Crippen LogP contribution is 2.16. The zero-order valence-electron chi connectivity index (χ0n) is 40.9. The summed E-state index contributed by atoms with van der Waals surface area (Å²) in [7, 11) is 0. The van der Waals surface area contributed by atoms with Crippen LogP contribution in [-0.2, 0) is 28.6 Å². The summed E-state index contributed by atoms with van der Waals surface area (Å²) in [6.45, 7) is 6.64. The van der Waals surface area contributed by atoms with E-state index in [4.69, 9.17) is 14.2 Å². The first kappa shape index (κ1) is 58.9. The van der Waals surface area contributed by atoms with Gasteiger partial charge in [0.25, 0.3) is 0 Å². The van der Waals surface area contributed by atoms with Crippen molar-refractivity contribution in [1.82, 2.24) is 0 Å². The van der Waals surface area contributed by atoms with Gasteiger partial charge in [-0.05, 0) is 44.9 Å². The fourth-order valence-electron chi connectivity index (χ4n) is 7.91. The third kappa shape index (κ3) is 48.8. The van der Waals surface area contributed by atoms with Crippen molar-refractivity contribution < 1.29 is 28.6 Å². The molecule has 358 valence electrons. The third-order valence-corrected chi connectivity index (χ3v) is 12.0. The molecule has 0 spiro atoms. The largest absolute Gasteiger partial charge is 0.462 e. The Kier molecular flexibility index (Phi) is 48.8. The number of esters is 3. The second kappa shape index (κ2) is 50.5. The fraction of sp³-hybridized carbons (Fsp3) is 0.873. The molecular formula is C55H102O6. The quantitative estimate of drug-likeness (QED) is 0.0262. The van der Waals surface area contributed by atoms with Crippen LogP contribution in [0.1, 0.15) is 290 Å². The molecule has 6 heteroatoms. The van der Waals surface area contributed by atoms with E-state index in [-0.39, 0.29) is 31.1 Å². The summed E-state index contributed by atoms with van der Waals surface area (Å²) in [5.74, 6) is -0.886. The summed E-state index contributed by atoms with van der Waals surface area (Å²) in [6, 6.07) is 0. The van der Waals surface area contributed by atoms with Gasteiger partial charge in [-0.3, -0.25) is 14.4 Å². The van der Waals surface area contributed by atoms with Crippen molar-refractivity contribution in [3.8, 4) is 0 Å². The van der Waals surface area contributed by atoms with Crippen LogP contribution < -0.4 is 0 Å². The monoisotopic (exact) mass is 859 g/mol. The molecule has 0 bridgehead atoms. The zero-order valence-corrected chi connectivity index (χ0v) is 40.9. The summed E-state index contributed by atoms with van der Waals surface area (Å²) >= 11 is 0. The van der Waals surface area contributed by atoms with Gasteiger partial charge in [0.1, 0.15) is 13.2 Å². The minimum absolute atomic E-state index is 0.0745. The number of hydrogen-bond acceptors (Lipinski definition) is 6. The molecule has 1 unspecified atom stereocenters. The van der Waals surface area contributed by atoms with Crippen LogP contribution in [0.2, 0.25) is 0 Å². The summed E-state index contributed by atoms with van der Waals surface area (Å²) in [6.07, 6.45) is 57.3. The minimum Gasteiger partial charge on any atom is -0.462 e. The first-order chi connectivity index (χ1) is 30.0. The van der Waals surface area contributed by atoms with Gasteiger partial charge in [0.05, 0.1) is 0 Å². The average Bonchev–Trinajstić information content (AvgIpc) is 3.26. The lowest BCUT2D eigenvalue weighted by molar-refractivity contribution is -0.167. The predicted octanol–water partition coefficient (Wildman–Crippen LogP) is 17.5. The Morgan fingerprint density at radius 1 is 0.328 bits per heavy atom. The van der Waals surface area contributed by atoms with Crippen LogP contribution in [0.5, 0.6) is 0 Å². The molecule has 0 aliphatic rings. The van der Waals surface area contributed by atoms with E-state index in [2.05, 4.69) is 45.1 Å². The summed E-state index contributed by atoms with van der Waals surface area (Å²) in [5, 5.41) is 0. The van der Waals surface area contributed by atoms with Crippen molar-refractivity contribution >= 4 is 17.9 Å². The molecule has 0 aromatic heterocycles. The number of hydrogen-bond donors (Lipinski definition) is 0. The Labute approximate surface area is 379 Å². The van der Waals surface area contributed by atoms with Gasteiger partial charge < -0.3 is 14.2 Å². The highest BCUT2D eigenvalue weighted by Gasteiger charge is 2.19. The number of unbranched alkanes of at least 4 members (excludes halogenated alkanes) is 35. The predicted molar refractivity (Wildman–Crippen MR) is 261 cm³/mol. The van der Waals surface area contributed by atoms with E-state index in [0.717, 1.165) is 70.6 Å². The molecule has 0 aromatic carbocycles. The standard InChI is InChI=1S/C55H102O6/c1-4-7-10-13-16-19-22-25-27-28-31-33-36-39-42-45-48-54(57)60-51-52(50-59-53(56)47-44-41-38-35-32-29-24-21-18-15-12-9-6-3)61-55(58)49-46-43-40-37-34-30-26-23-20-17-14-11-8-5-2/h27-28,31,33,52H,4-26,29-30,32,34-51H2,1-3H3/b28-27-,33-31-. The molecule has 0 N–H and O–H groups in total. The normalized spacial score (nSPS) is 12.1. The zero-order chi connectivity index (χ0) is 44.4. The molecule has 0 aromatic rings. The van der Waals surface area contributed by atoms with Gasteiger partial charge in [-0.15, -0.1) is 0 Å². The number of carbonyl (C=O) groups excluding carboxylic acids is 3. The van der Waals surface area contributed by atoms with E-state index in [0.29, 0.717) is 19.3 Å². The minimum atomic E-state index is -0.775. The van der Waals surface area contributed by atoms with Gasteiger partial charge in [0, 0.05) is 19.3 Å². The molecular weight excluding hydrogens is 757 g/mol. The maximum atomic E-state index is 12.8. The fourth-order valence-corrected chi connectivity index (χ4v) is 7.91.